The zero-order chi connectivity index (χ0) is 37.2. The minimum atomic E-state index is -0.493. The number of amides is 2. The van der Waals surface area contributed by atoms with Crippen LogP contribution in [0.1, 0.15) is 28.9 Å². The van der Waals surface area contributed by atoms with Crippen LogP contribution in [-0.4, -0.2) is 124 Å². The van der Waals surface area contributed by atoms with Crippen molar-refractivity contribution in [1.82, 2.24) is 39.7 Å². The molecule has 2 fully saturated rings. The lowest BCUT2D eigenvalue weighted by atomic mass is 9.93. The summed E-state index contributed by atoms with van der Waals surface area (Å²) in [5.74, 6) is 0.323. The molecule has 4 aromatic heterocycles. The summed E-state index contributed by atoms with van der Waals surface area (Å²) < 4.78 is 43.1. The number of aromatic amines is 1. The van der Waals surface area contributed by atoms with E-state index in [-0.39, 0.29) is 36.0 Å². The lowest BCUT2D eigenvalue weighted by Crippen LogP contribution is -2.49. The van der Waals surface area contributed by atoms with Crippen LogP contribution in [0.5, 0.6) is 5.75 Å². The Morgan fingerprint density at radius 2 is 1.76 bits per heavy atom. The Kier molecular flexibility index (Phi) is 9.91. The van der Waals surface area contributed by atoms with Crippen LogP contribution in [0.2, 0.25) is 0 Å². The highest BCUT2D eigenvalue weighted by atomic mass is 19.1. The number of methoxy groups -OCH3 is 1. The standard InChI is InChI=1S/C38H40F2N10O4/c1-53-32-20-27(39)23-42-37(32)47-11-13-48(14-12-47)38(52)31-22-30-28(25-4-6-41-33(19-25)46-15-17-54-18-16-46)21-29(35(40)36(30)44-31)26-3-2-8-49(24-26)34(51)5-9-50-10-7-43-45-50/h3-4,6-7,10,19-23,44H,2,5,8-9,11-18,24H2,1H3. The molecule has 0 saturated carbocycles. The number of fused-ring (bicyclic) bond motifs is 1. The number of halogens is 2. The van der Waals surface area contributed by atoms with Crippen LogP contribution in [0.4, 0.5) is 20.4 Å². The zero-order valence-corrected chi connectivity index (χ0v) is 29.9. The van der Waals surface area contributed by atoms with E-state index in [0.29, 0.717) is 100 Å². The van der Waals surface area contributed by atoms with Gasteiger partial charge in [0, 0.05) is 88.2 Å². The number of nitrogens with zero attached hydrogens (tertiary/aromatic N) is 9. The second-order valence-corrected chi connectivity index (χ2v) is 13.5. The Morgan fingerprint density at radius 3 is 2.54 bits per heavy atom. The third kappa shape index (κ3) is 7.08. The number of carbonyl (C=O) groups excluding carboxylic acids is 2. The van der Waals surface area contributed by atoms with Crippen molar-refractivity contribution in [2.75, 3.05) is 82.5 Å². The molecule has 0 aliphatic carbocycles. The molecule has 3 aliphatic rings. The smallest absolute Gasteiger partial charge is 0.270 e. The molecule has 14 nitrogen and oxygen atoms in total. The third-order valence-electron chi connectivity index (χ3n) is 10.2. The molecule has 0 radical (unpaired) electrons. The summed E-state index contributed by atoms with van der Waals surface area (Å²) >= 11 is 0. The molecule has 3 aliphatic heterocycles. The summed E-state index contributed by atoms with van der Waals surface area (Å²) in [7, 11) is 1.46. The van der Waals surface area contributed by atoms with Gasteiger partial charge in [-0.05, 0) is 47.4 Å². The van der Waals surface area contributed by atoms with Crippen LogP contribution in [0.3, 0.4) is 0 Å². The van der Waals surface area contributed by atoms with Gasteiger partial charge in [0.25, 0.3) is 5.91 Å². The molecule has 0 bridgehead atoms. The number of anilines is 2. The first-order valence-corrected chi connectivity index (χ1v) is 18.1. The highest BCUT2D eigenvalue weighted by Crippen LogP contribution is 2.38. The van der Waals surface area contributed by atoms with Gasteiger partial charge in [-0.3, -0.25) is 14.3 Å². The van der Waals surface area contributed by atoms with E-state index >= 15 is 4.39 Å². The van der Waals surface area contributed by atoms with E-state index in [0.717, 1.165) is 23.1 Å². The molecular weight excluding hydrogens is 698 g/mol. The van der Waals surface area contributed by atoms with E-state index in [1.54, 1.807) is 39.1 Å². The summed E-state index contributed by atoms with van der Waals surface area (Å²) in [6.07, 6.45) is 8.98. The predicted octanol–water partition coefficient (Wildman–Crippen LogP) is 4.01. The fourth-order valence-corrected chi connectivity index (χ4v) is 7.36. The average molecular weight is 739 g/mol. The minimum Gasteiger partial charge on any atom is -0.493 e. The van der Waals surface area contributed by atoms with Crippen molar-refractivity contribution in [2.45, 2.75) is 19.4 Å². The number of pyridine rings is 2. The topological polar surface area (TPSA) is 138 Å². The number of piperazine rings is 1. The van der Waals surface area contributed by atoms with Gasteiger partial charge in [0.15, 0.2) is 17.4 Å². The van der Waals surface area contributed by atoms with Gasteiger partial charge in [0.2, 0.25) is 5.91 Å². The quantitative estimate of drug-likeness (QED) is 0.236. The Bertz CT molecular complexity index is 2190. The molecule has 0 spiro atoms. The number of benzene rings is 1. The lowest BCUT2D eigenvalue weighted by Gasteiger charge is -2.35. The van der Waals surface area contributed by atoms with Crippen molar-refractivity contribution in [3.05, 3.63) is 84.1 Å². The van der Waals surface area contributed by atoms with Gasteiger partial charge < -0.3 is 34.1 Å². The third-order valence-corrected chi connectivity index (χ3v) is 10.2. The number of nitrogens with one attached hydrogen (secondary N) is 1. The largest absolute Gasteiger partial charge is 0.493 e. The van der Waals surface area contributed by atoms with Gasteiger partial charge in [0.1, 0.15) is 17.3 Å². The lowest BCUT2D eigenvalue weighted by molar-refractivity contribution is -0.131. The molecule has 16 heteroatoms. The highest BCUT2D eigenvalue weighted by Gasteiger charge is 2.29. The molecule has 7 heterocycles. The number of hydrogen-bond donors (Lipinski definition) is 1. The van der Waals surface area contributed by atoms with E-state index in [4.69, 9.17) is 9.47 Å². The monoisotopic (exact) mass is 738 g/mol. The minimum absolute atomic E-state index is 0.0522. The molecule has 8 rings (SSSR count). The van der Waals surface area contributed by atoms with Gasteiger partial charge >= 0.3 is 0 Å². The number of aryl methyl sites for hydroxylation is 1. The van der Waals surface area contributed by atoms with Crippen molar-refractivity contribution in [3.8, 4) is 16.9 Å². The van der Waals surface area contributed by atoms with E-state index in [9.17, 15) is 14.0 Å². The maximum Gasteiger partial charge on any atom is 0.270 e. The van der Waals surface area contributed by atoms with Gasteiger partial charge in [-0.15, -0.1) is 5.10 Å². The normalized spacial score (nSPS) is 16.5. The molecule has 5 aromatic rings. The predicted molar refractivity (Wildman–Crippen MR) is 197 cm³/mol. The number of morpholine rings is 1. The fourth-order valence-electron chi connectivity index (χ4n) is 7.36. The maximum absolute atomic E-state index is 16.8. The second kappa shape index (κ2) is 15.2. The molecular formula is C38H40F2N10O4. The number of carbonyl (C=O) groups is 2. The maximum atomic E-state index is 16.8. The summed E-state index contributed by atoms with van der Waals surface area (Å²) in [5.41, 5.74) is 3.10. The SMILES string of the molecule is COc1cc(F)cnc1N1CCN(C(=O)c2cc3c(-c4ccnc(N5CCOCC5)c4)cc(C4=CCCN(C(=O)CCn5ccnn5)C4)c(F)c3[nH]2)CC1. The van der Waals surface area contributed by atoms with Crippen molar-refractivity contribution in [2.24, 2.45) is 0 Å². The second-order valence-electron chi connectivity index (χ2n) is 13.5. The number of H-pyrrole nitrogens is 1. The van der Waals surface area contributed by atoms with E-state index in [1.165, 1.54) is 13.2 Å². The van der Waals surface area contributed by atoms with Crippen molar-refractivity contribution in [3.63, 3.8) is 0 Å². The van der Waals surface area contributed by atoms with Crippen LogP contribution in [0, 0.1) is 11.6 Å². The van der Waals surface area contributed by atoms with Crippen LogP contribution in [-0.2, 0) is 16.1 Å². The van der Waals surface area contributed by atoms with Crippen LogP contribution in [0.25, 0.3) is 27.6 Å². The first-order valence-electron chi connectivity index (χ1n) is 18.1. The van der Waals surface area contributed by atoms with Gasteiger partial charge in [0.05, 0.1) is 44.8 Å². The number of aromatic nitrogens is 6. The van der Waals surface area contributed by atoms with Crippen molar-refractivity contribution in [1.29, 1.82) is 0 Å². The molecule has 2 saturated heterocycles. The first-order chi connectivity index (χ1) is 26.4. The fraction of sp³-hybridized carbons (Fsp3) is 0.368. The van der Waals surface area contributed by atoms with Crippen LogP contribution < -0.4 is 14.5 Å². The van der Waals surface area contributed by atoms with Crippen molar-refractivity contribution < 1.29 is 27.8 Å². The van der Waals surface area contributed by atoms with Crippen LogP contribution in [0.15, 0.2) is 61.2 Å². The molecule has 0 atom stereocenters. The Morgan fingerprint density at radius 1 is 0.926 bits per heavy atom. The number of rotatable bonds is 9. The first kappa shape index (κ1) is 35.1. The molecule has 54 heavy (non-hydrogen) atoms. The summed E-state index contributed by atoms with van der Waals surface area (Å²) in [6, 6.07) is 8.72. The Balaban J connectivity index is 1.10. The molecule has 1 aromatic carbocycles. The summed E-state index contributed by atoms with van der Waals surface area (Å²) in [4.78, 5) is 46.9. The van der Waals surface area contributed by atoms with E-state index < -0.39 is 11.6 Å². The zero-order valence-electron chi connectivity index (χ0n) is 29.9. The molecule has 1 N–H and O–H groups in total. The summed E-state index contributed by atoms with van der Waals surface area (Å²) in [6.45, 7) is 5.44. The number of hydrogen-bond acceptors (Lipinski definition) is 10. The van der Waals surface area contributed by atoms with Crippen molar-refractivity contribution >= 4 is 39.9 Å². The van der Waals surface area contributed by atoms with Gasteiger partial charge in [-0.2, -0.15) is 0 Å². The number of ether oxygens (including phenoxy) is 2. The van der Waals surface area contributed by atoms with Crippen LogP contribution >= 0.6 is 0 Å². The van der Waals surface area contributed by atoms with E-state index in [2.05, 4.69) is 30.2 Å². The van der Waals surface area contributed by atoms with E-state index in [1.807, 2.05) is 29.2 Å². The van der Waals surface area contributed by atoms with Gasteiger partial charge in [-0.25, -0.2) is 18.7 Å². The molecule has 280 valence electrons. The summed E-state index contributed by atoms with van der Waals surface area (Å²) in [5, 5.41) is 8.32. The average Bonchev–Trinajstić information content (AvgIpc) is 3.92. The Hall–Kier alpha value is -5.90. The Labute approximate surface area is 310 Å². The molecule has 0 unspecified atom stereocenters. The molecule has 2 amide bonds. The van der Waals surface area contributed by atoms with Gasteiger partial charge in [-0.1, -0.05) is 11.3 Å². The highest BCUT2D eigenvalue weighted by molar-refractivity contribution is 6.05.